The Morgan fingerprint density at radius 2 is 1.67 bits per heavy atom. The average Bonchev–Trinajstić information content (AvgIpc) is 1.37. The van der Waals surface area contributed by atoms with Crippen LogP contribution >= 0.6 is 0 Å². The predicted octanol–water partition coefficient (Wildman–Crippen LogP) is 2.07. The van der Waals surface area contributed by atoms with Crippen LogP contribution in [0.25, 0.3) is 0 Å². The van der Waals surface area contributed by atoms with Gasteiger partial charge >= 0.3 is 0 Å². The summed E-state index contributed by atoms with van der Waals surface area (Å²) in [4.78, 5) is 0. The summed E-state index contributed by atoms with van der Waals surface area (Å²) in [5, 5.41) is 0. The smallest absolute Gasteiger partial charge is 0 e. The van der Waals surface area contributed by atoms with Gasteiger partial charge in [0.2, 0.25) is 0 Å². The molecule has 0 saturated carbocycles. The second-order valence-corrected chi connectivity index (χ2v) is 0.816. The van der Waals surface area contributed by atoms with Crippen molar-refractivity contribution in [3.63, 3.8) is 0 Å². The van der Waals surface area contributed by atoms with Gasteiger partial charge in [-0.25, -0.2) is 0 Å². The van der Waals surface area contributed by atoms with E-state index in [2.05, 4.69) is 20.3 Å². The molecule has 0 amide bonds. The molecular weight excluding hydrogens is 149 g/mol. The van der Waals surface area contributed by atoms with Crippen LogP contribution in [-0.4, -0.2) is 0 Å². The second kappa shape index (κ2) is 16.5. The van der Waals surface area contributed by atoms with E-state index < -0.39 is 0 Å². The van der Waals surface area contributed by atoms with E-state index in [1.54, 1.807) is 0 Å². The molecule has 0 aromatic rings. The van der Waals surface area contributed by atoms with E-state index in [1.807, 2.05) is 0 Å². The minimum Gasteiger partial charge on any atom is -0.358 e. The van der Waals surface area contributed by atoms with Crippen molar-refractivity contribution in [1.82, 2.24) is 0 Å². The topological polar surface area (TPSA) is 0 Å². The fourth-order valence-electron chi connectivity index (χ4n) is 0. The monoisotopic (exact) mass is 161 g/mol. The van der Waals surface area contributed by atoms with Gasteiger partial charge < -0.3 is 13.8 Å². The Morgan fingerprint density at radius 3 is 1.67 bits per heavy atom. The molecule has 0 N–H and O–H groups in total. The van der Waals surface area contributed by atoms with Gasteiger partial charge in [-0.2, -0.15) is 13.3 Å². The van der Waals surface area contributed by atoms with Gasteiger partial charge in [0.25, 0.3) is 0 Å². The first-order valence-electron chi connectivity index (χ1n) is 1.69. The molecule has 0 saturated heterocycles. The molecule has 0 bridgehead atoms. The Morgan fingerprint density at radius 1 is 1.50 bits per heavy atom. The molecule has 0 fully saturated rings. The molecule has 1 radical (unpaired) electrons. The van der Waals surface area contributed by atoms with E-state index in [0.29, 0.717) is 0 Å². The van der Waals surface area contributed by atoms with Crippen molar-refractivity contribution in [1.29, 1.82) is 0 Å². The predicted molar refractivity (Wildman–Crippen MR) is 26.7 cm³/mol. The van der Waals surface area contributed by atoms with Crippen molar-refractivity contribution in [3.05, 3.63) is 13.8 Å². The molecule has 0 aromatic heterocycles. The standard InChI is InChI=1S/C4H9.CH3.Y/c1-3-4-2;;/h3H,4H2,1-2H3;1H3;/q2*-1;. The Hall–Kier alpha value is 1.10. The van der Waals surface area contributed by atoms with Gasteiger partial charge in [0.15, 0.2) is 0 Å². The van der Waals surface area contributed by atoms with Gasteiger partial charge in [-0.15, -0.1) is 0 Å². The van der Waals surface area contributed by atoms with Gasteiger partial charge in [0.1, 0.15) is 0 Å². The maximum atomic E-state index is 2.12. The van der Waals surface area contributed by atoms with Crippen molar-refractivity contribution in [3.8, 4) is 0 Å². The maximum Gasteiger partial charge on any atom is 0 e. The molecule has 0 heterocycles. The molecule has 0 aromatic carbocycles. The molecule has 0 unspecified atom stereocenters. The third kappa shape index (κ3) is 19.4. The summed E-state index contributed by atoms with van der Waals surface area (Å²) < 4.78 is 0. The molecule has 0 rings (SSSR count). The number of rotatable bonds is 1. The van der Waals surface area contributed by atoms with Crippen LogP contribution in [0.15, 0.2) is 0 Å². The fourth-order valence-corrected chi connectivity index (χ4v) is 0. The zero-order valence-electron chi connectivity index (χ0n) is 4.86. The summed E-state index contributed by atoms with van der Waals surface area (Å²) in [7, 11) is 0. The zero-order chi connectivity index (χ0) is 3.41. The SMILES string of the molecule is C[CH-]CC.[CH3-].[Y]. The van der Waals surface area contributed by atoms with Gasteiger partial charge in [-0.3, -0.25) is 0 Å². The molecule has 0 aliphatic carbocycles. The van der Waals surface area contributed by atoms with Crippen LogP contribution in [0, 0.1) is 13.8 Å². The summed E-state index contributed by atoms with van der Waals surface area (Å²) in [5.74, 6) is 0. The molecule has 37 valence electrons. The number of hydrogen-bond acceptors (Lipinski definition) is 0. The van der Waals surface area contributed by atoms with Crippen LogP contribution in [0.4, 0.5) is 0 Å². The zero-order valence-corrected chi connectivity index (χ0v) is 7.70. The summed E-state index contributed by atoms with van der Waals surface area (Å²) in [6.45, 7) is 4.18. The van der Waals surface area contributed by atoms with Crippen molar-refractivity contribution in [2.75, 3.05) is 0 Å². The number of hydrogen-bond donors (Lipinski definition) is 0. The summed E-state index contributed by atoms with van der Waals surface area (Å²) in [6.07, 6.45) is 3.32. The van der Waals surface area contributed by atoms with Crippen molar-refractivity contribution in [2.24, 2.45) is 0 Å². The van der Waals surface area contributed by atoms with E-state index in [1.165, 1.54) is 6.42 Å². The first-order valence-corrected chi connectivity index (χ1v) is 1.69. The quantitative estimate of drug-likeness (QED) is 0.516. The van der Waals surface area contributed by atoms with E-state index >= 15 is 0 Å². The molecule has 0 aliphatic heterocycles. The van der Waals surface area contributed by atoms with Gasteiger partial charge in [0.05, 0.1) is 0 Å². The van der Waals surface area contributed by atoms with Gasteiger partial charge in [-0.1, -0.05) is 6.92 Å². The molecule has 1 heteroatoms. The van der Waals surface area contributed by atoms with Gasteiger partial charge in [-0.05, 0) is 0 Å². The van der Waals surface area contributed by atoms with E-state index in [-0.39, 0.29) is 40.1 Å². The summed E-state index contributed by atoms with van der Waals surface area (Å²) in [6, 6.07) is 0. The van der Waals surface area contributed by atoms with E-state index in [4.69, 9.17) is 0 Å². The molecule has 0 atom stereocenters. The Kier molecular flexibility index (Phi) is 43.2. The molecule has 0 nitrogen and oxygen atoms in total. The Labute approximate surface area is 66.6 Å². The number of unbranched alkanes of at least 4 members (excludes halogenated alkanes) is 1. The van der Waals surface area contributed by atoms with Gasteiger partial charge in [0, 0.05) is 32.7 Å². The van der Waals surface area contributed by atoms with Crippen LogP contribution in [-0.2, 0) is 32.7 Å². The minimum absolute atomic E-state index is 0. The van der Waals surface area contributed by atoms with Crippen LogP contribution < -0.4 is 0 Å². The molecule has 0 spiro atoms. The van der Waals surface area contributed by atoms with Crippen LogP contribution in [0.3, 0.4) is 0 Å². The summed E-state index contributed by atoms with van der Waals surface area (Å²) in [5.41, 5.74) is 0. The molecule has 0 aliphatic rings. The second-order valence-electron chi connectivity index (χ2n) is 0.816. The van der Waals surface area contributed by atoms with Crippen molar-refractivity contribution >= 4 is 0 Å². The largest absolute Gasteiger partial charge is 0.358 e. The first kappa shape index (κ1) is 15.7. The Balaban J connectivity index is -0.0000000450. The normalized spacial score (nSPS) is 5.00. The third-order valence-electron chi connectivity index (χ3n) is 0.408. The summed E-state index contributed by atoms with van der Waals surface area (Å²) >= 11 is 0. The molecular formula is C5H12Y-2. The van der Waals surface area contributed by atoms with Crippen molar-refractivity contribution in [2.45, 2.75) is 20.3 Å². The average molecular weight is 161 g/mol. The maximum absolute atomic E-state index is 2.12. The van der Waals surface area contributed by atoms with Crippen LogP contribution in [0.1, 0.15) is 20.3 Å². The van der Waals surface area contributed by atoms with E-state index in [0.717, 1.165) is 0 Å². The van der Waals surface area contributed by atoms with E-state index in [9.17, 15) is 0 Å². The third-order valence-corrected chi connectivity index (χ3v) is 0.408. The van der Waals surface area contributed by atoms with Crippen LogP contribution in [0.2, 0.25) is 0 Å². The van der Waals surface area contributed by atoms with Crippen LogP contribution in [0.5, 0.6) is 0 Å². The van der Waals surface area contributed by atoms with Crippen molar-refractivity contribution < 1.29 is 32.7 Å². The Bertz CT molecular complexity index is 5.90. The fraction of sp³-hybridized carbons (Fsp3) is 0.600. The molecule has 6 heavy (non-hydrogen) atoms. The minimum atomic E-state index is 0. The first-order chi connectivity index (χ1) is 1.91.